The van der Waals surface area contributed by atoms with E-state index in [0.717, 1.165) is 0 Å². The molecule has 1 aliphatic rings. The number of nitrogens with one attached hydrogen (secondary N) is 1. The monoisotopic (exact) mass is 521 g/mol. The van der Waals surface area contributed by atoms with Gasteiger partial charge in [-0.2, -0.15) is 0 Å². The molecule has 1 aromatic carbocycles. The number of nitrogens with zero attached hydrogens (tertiary/aromatic N) is 2. The number of aliphatic imine (C=N–C) groups is 1. The van der Waals surface area contributed by atoms with E-state index in [9.17, 15) is 9.90 Å². The van der Waals surface area contributed by atoms with Crippen LogP contribution in [0.15, 0.2) is 23.2 Å². The summed E-state index contributed by atoms with van der Waals surface area (Å²) in [5, 5.41) is 13.8. The van der Waals surface area contributed by atoms with E-state index < -0.39 is 6.10 Å². The van der Waals surface area contributed by atoms with Crippen molar-refractivity contribution in [2.24, 2.45) is 16.8 Å². The molecule has 1 saturated heterocycles. The summed E-state index contributed by atoms with van der Waals surface area (Å²) in [4.78, 5) is 18.6. The number of hydrogen-bond donors (Lipinski definition) is 2. The van der Waals surface area contributed by atoms with Crippen molar-refractivity contribution in [3.63, 3.8) is 0 Å². The van der Waals surface area contributed by atoms with Gasteiger partial charge in [0, 0.05) is 25.7 Å². The molecule has 9 heteroatoms. The lowest BCUT2D eigenvalue weighted by Crippen LogP contribution is -2.41. The van der Waals surface area contributed by atoms with Crippen molar-refractivity contribution in [3.8, 4) is 11.5 Å². The van der Waals surface area contributed by atoms with Crippen LogP contribution in [0.5, 0.6) is 11.5 Å². The van der Waals surface area contributed by atoms with E-state index in [0.29, 0.717) is 42.7 Å². The molecule has 1 heterocycles. The maximum atomic E-state index is 11.9. The van der Waals surface area contributed by atoms with E-state index in [1.54, 1.807) is 32.4 Å². The van der Waals surface area contributed by atoms with Gasteiger partial charge in [0.05, 0.1) is 39.9 Å². The zero-order chi connectivity index (χ0) is 20.7. The van der Waals surface area contributed by atoms with Crippen LogP contribution in [0.1, 0.15) is 25.5 Å². The maximum absolute atomic E-state index is 11.9. The van der Waals surface area contributed by atoms with E-state index in [1.807, 2.05) is 18.7 Å². The highest BCUT2D eigenvalue weighted by Crippen LogP contribution is 2.27. The number of esters is 1. The highest BCUT2D eigenvalue weighted by atomic mass is 127. The Morgan fingerprint density at radius 2 is 1.86 bits per heavy atom. The number of ether oxygens (including phenoxy) is 3. The van der Waals surface area contributed by atoms with Gasteiger partial charge in [-0.15, -0.1) is 24.0 Å². The average molecular weight is 521 g/mol. The molecule has 8 nitrogen and oxygen atoms in total. The fourth-order valence-corrected chi connectivity index (χ4v) is 3.32. The molecule has 0 aromatic heterocycles. The molecule has 29 heavy (non-hydrogen) atoms. The Morgan fingerprint density at radius 1 is 1.24 bits per heavy atom. The first-order valence-electron chi connectivity index (χ1n) is 9.45. The summed E-state index contributed by atoms with van der Waals surface area (Å²) in [7, 11) is 4.55. The quantitative estimate of drug-likeness (QED) is 0.246. The highest BCUT2D eigenvalue weighted by molar-refractivity contribution is 14.0. The number of guanidine groups is 1. The lowest BCUT2D eigenvalue weighted by molar-refractivity contribution is -0.145. The van der Waals surface area contributed by atoms with Crippen molar-refractivity contribution < 1.29 is 24.1 Å². The highest BCUT2D eigenvalue weighted by Gasteiger charge is 2.36. The molecule has 0 bridgehead atoms. The van der Waals surface area contributed by atoms with Gasteiger partial charge < -0.3 is 29.5 Å². The summed E-state index contributed by atoms with van der Waals surface area (Å²) in [6, 6.07) is 5.28. The largest absolute Gasteiger partial charge is 0.497 e. The Labute approximate surface area is 189 Å². The number of likely N-dealkylation sites (tertiary alicyclic amines) is 1. The normalized spacial score (nSPS) is 19.9. The number of carbonyl (C=O) groups is 1. The second-order valence-corrected chi connectivity index (χ2v) is 6.87. The van der Waals surface area contributed by atoms with Crippen LogP contribution in [0.25, 0.3) is 0 Å². The van der Waals surface area contributed by atoms with Gasteiger partial charge in [0.2, 0.25) is 0 Å². The molecule has 0 spiro atoms. The first-order valence-corrected chi connectivity index (χ1v) is 9.45. The topological polar surface area (TPSA) is 92.6 Å². The number of rotatable bonds is 7. The first-order chi connectivity index (χ1) is 13.4. The lowest BCUT2D eigenvalue weighted by atomic mass is 9.99. The van der Waals surface area contributed by atoms with Crippen LogP contribution in [-0.2, 0) is 9.53 Å². The number of aliphatic hydroxyl groups excluding tert-OH is 1. The SMILES string of the molecule is CCNC(=NCC(O)c1cc(OC)cc(OC)c1)N1CC(C)C(C(=O)OC)C1.I. The molecular formula is C20H32IN3O5. The predicted molar refractivity (Wildman–Crippen MR) is 122 cm³/mol. The van der Waals surface area contributed by atoms with Crippen LogP contribution in [0.3, 0.4) is 0 Å². The summed E-state index contributed by atoms with van der Waals surface area (Å²) in [5.74, 6) is 1.69. The minimum atomic E-state index is -0.811. The summed E-state index contributed by atoms with van der Waals surface area (Å²) in [6.07, 6.45) is -0.811. The molecule has 164 valence electrons. The van der Waals surface area contributed by atoms with Crippen LogP contribution < -0.4 is 14.8 Å². The molecule has 3 atom stereocenters. The predicted octanol–water partition coefficient (Wildman–Crippen LogP) is 2.06. The van der Waals surface area contributed by atoms with Crippen molar-refractivity contribution in [1.82, 2.24) is 10.2 Å². The minimum Gasteiger partial charge on any atom is -0.497 e. The molecule has 0 aliphatic carbocycles. The zero-order valence-corrected chi connectivity index (χ0v) is 20.0. The van der Waals surface area contributed by atoms with Crippen LogP contribution in [0.4, 0.5) is 0 Å². The Balaban J connectivity index is 0.00000420. The van der Waals surface area contributed by atoms with Crippen LogP contribution in [0, 0.1) is 11.8 Å². The Bertz CT molecular complexity index is 678. The van der Waals surface area contributed by atoms with Gasteiger partial charge in [0.25, 0.3) is 0 Å². The fraction of sp³-hybridized carbons (Fsp3) is 0.600. The maximum Gasteiger partial charge on any atom is 0.310 e. The number of carbonyl (C=O) groups excluding carboxylic acids is 1. The molecule has 1 fully saturated rings. The summed E-state index contributed by atoms with van der Waals surface area (Å²) in [5.41, 5.74) is 0.665. The van der Waals surface area contributed by atoms with Crippen molar-refractivity contribution in [1.29, 1.82) is 0 Å². The Morgan fingerprint density at radius 3 is 2.38 bits per heavy atom. The minimum absolute atomic E-state index is 0. The molecule has 1 aliphatic heterocycles. The van der Waals surface area contributed by atoms with Crippen molar-refractivity contribution in [2.75, 3.05) is 47.5 Å². The Hall–Kier alpha value is -1.75. The fourth-order valence-electron chi connectivity index (χ4n) is 3.32. The van der Waals surface area contributed by atoms with Gasteiger partial charge in [-0.05, 0) is 30.5 Å². The molecule has 3 unspecified atom stereocenters. The van der Waals surface area contributed by atoms with Gasteiger partial charge >= 0.3 is 5.97 Å². The number of methoxy groups -OCH3 is 3. The Kier molecular flexibility index (Phi) is 10.5. The third kappa shape index (κ3) is 6.63. The number of hydrogen-bond acceptors (Lipinski definition) is 6. The van der Waals surface area contributed by atoms with Gasteiger partial charge in [-0.25, -0.2) is 0 Å². The molecule has 2 N–H and O–H groups in total. The van der Waals surface area contributed by atoms with Crippen molar-refractivity contribution in [3.05, 3.63) is 23.8 Å². The van der Waals surface area contributed by atoms with Crippen LogP contribution >= 0.6 is 24.0 Å². The second kappa shape index (κ2) is 12.1. The van der Waals surface area contributed by atoms with E-state index >= 15 is 0 Å². The van der Waals surface area contributed by atoms with Crippen LogP contribution in [0.2, 0.25) is 0 Å². The zero-order valence-electron chi connectivity index (χ0n) is 17.7. The summed E-state index contributed by atoms with van der Waals surface area (Å²) < 4.78 is 15.4. The number of benzene rings is 1. The van der Waals surface area contributed by atoms with Crippen molar-refractivity contribution in [2.45, 2.75) is 20.0 Å². The number of aliphatic hydroxyl groups is 1. The molecule has 1 aromatic rings. The van der Waals surface area contributed by atoms with E-state index in [4.69, 9.17) is 14.2 Å². The van der Waals surface area contributed by atoms with E-state index in [2.05, 4.69) is 10.3 Å². The molecule has 0 radical (unpaired) electrons. The standard InChI is InChI=1S/C20H31N3O5.HI/c1-6-21-20(23-11-13(2)17(12-23)19(25)28-5)22-10-18(24)14-7-15(26-3)9-16(8-14)27-4;/h7-9,13,17-18,24H,6,10-12H2,1-5H3,(H,21,22);1H. The van der Waals surface area contributed by atoms with Gasteiger partial charge in [0.1, 0.15) is 11.5 Å². The third-order valence-corrected chi connectivity index (χ3v) is 4.92. The molecule has 2 rings (SSSR count). The van der Waals surface area contributed by atoms with E-state index in [1.165, 1.54) is 7.11 Å². The smallest absolute Gasteiger partial charge is 0.310 e. The summed E-state index contributed by atoms with van der Waals surface area (Å²) >= 11 is 0. The second-order valence-electron chi connectivity index (χ2n) is 6.87. The van der Waals surface area contributed by atoms with Crippen molar-refractivity contribution >= 4 is 35.9 Å². The molecular weight excluding hydrogens is 489 g/mol. The first kappa shape index (κ1) is 25.3. The third-order valence-electron chi connectivity index (χ3n) is 4.92. The summed E-state index contributed by atoms with van der Waals surface area (Å²) in [6.45, 7) is 6.12. The molecule has 0 amide bonds. The van der Waals surface area contributed by atoms with Gasteiger partial charge in [-0.1, -0.05) is 6.92 Å². The van der Waals surface area contributed by atoms with Gasteiger partial charge in [-0.3, -0.25) is 9.79 Å². The van der Waals surface area contributed by atoms with Gasteiger partial charge in [0.15, 0.2) is 5.96 Å². The van der Waals surface area contributed by atoms with E-state index in [-0.39, 0.29) is 48.3 Å². The van der Waals surface area contributed by atoms with Crippen LogP contribution in [-0.4, -0.2) is 69.4 Å². The number of halogens is 1. The lowest BCUT2D eigenvalue weighted by Gasteiger charge is -2.22. The average Bonchev–Trinajstić information content (AvgIpc) is 3.11. The molecule has 0 saturated carbocycles.